The Labute approximate surface area is 146 Å². The number of aromatic nitrogens is 2. The summed E-state index contributed by atoms with van der Waals surface area (Å²) in [5.74, 6) is -1.93. The van der Waals surface area contributed by atoms with Crippen molar-refractivity contribution in [1.82, 2.24) is 15.1 Å². The zero-order valence-corrected chi connectivity index (χ0v) is 14.4. The minimum absolute atomic E-state index is 0.0990. The molecule has 0 saturated heterocycles. The summed E-state index contributed by atoms with van der Waals surface area (Å²) in [5, 5.41) is 16.3. The lowest BCUT2D eigenvalue weighted by atomic mass is 9.86. The monoisotopic (exact) mass is 351 g/mol. The molecule has 0 radical (unpaired) electrons. The third-order valence-corrected chi connectivity index (χ3v) is 4.51. The number of methoxy groups -OCH3 is 1. The van der Waals surface area contributed by atoms with E-state index in [-0.39, 0.29) is 17.8 Å². The Morgan fingerprint density at radius 1 is 1.28 bits per heavy atom. The Balaban J connectivity index is 2.13. The van der Waals surface area contributed by atoms with Crippen LogP contribution in [-0.2, 0) is 16.1 Å². The Hall–Kier alpha value is -2.22. The molecule has 1 aliphatic carbocycles. The molecule has 0 spiro atoms. The van der Waals surface area contributed by atoms with E-state index in [9.17, 15) is 19.5 Å². The summed E-state index contributed by atoms with van der Waals surface area (Å²) in [7, 11) is 1.52. The number of rotatable bonds is 6. The molecular formula is C17H25N3O5. The first kappa shape index (κ1) is 19.1. The number of aliphatic carboxylic acids is 1. The molecule has 138 valence electrons. The number of carboxylic acids is 1. The molecule has 2 unspecified atom stereocenters. The van der Waals surface area contributed by atoms with Gasteiger partial charge in [0.25, 0.3) is 11.5 Å². The molecule has 1 aromatic rings. The molecule has 1 aliphatic rings. The van der Waals surface area contributed by atoms with Crippen LogP contribution in [0.1, 0.15) is 49.0 Å². The molecule has 0 bridgehead atoms. The van der Waals surface area contributed by atoms with Crippen LogP contribution in [0.15, 0.2) is 16.9 Å². The zero-order valence-electron chi connectivity index (χ0n) is 14.4. The van der Waals surface area contributed by atoms with Crippen LogP contribution in [0.3, 0.4) is 0 Å². The van der Waals surface area contributed by atoms with Crippen LogP contribution in [0.4, 0.5) is 0 Å². The highest BCUT2D eigenvalue weighted by atomic mass is 16.5. The predicted octanol–water partition coefficient (Wildman–Crippen LogP) is 1.04. The number of hydrogen-bond donors (Lipinski definition) is 2. The molecule has 8 heteroatoms. The van der Waals surface area contributed by atoms with Crippen LogP contribution in [0, 0.1) is 5.92 Å². The van der Waals surface area contributed by atoms with E-state index in [2.05, 4.69) is 10.4 Å². The van der Waals surface area contributed by atoms with E-state index in [4.69, 9.17) is 4.74 Å². The summed E-state index contributed by atoms with van der Waals surface area (Å²) in [6.07, 6.45) is 4.99. The summed E-state index contributed by atoms with van der Waals surface area (Å²) in [5.41, 5.74) is -0.218. The van der Waals surface area contributed by atoms with Gasteiger partial charge in [0.2, 0.25) is 0 Å². The average molecular weight is 351 g/mol. The van der Waals surface area contributed by atoms with Crippen molar-refractivity contribution in [3.8, 4) is 0 Å². The van der Waals surface area contributed by atoms with Gasteiger partial charge in [0.05, 0.1) is 19.1 Å². The van der Waals surface area contributed by atoms with E-state index in [1.165, 1.54) is 23.9 Å². The van der Waals surface area contributed by atoms with Crippen molar-refractivity contribution in [2.24, 2.45) is 5.92 Å². The van der Waals surface area contributed by atoms with Gasteiger partial charge in [-0.2, -0.15) is 5.10 Å². The molecule has 25 heavy (non-hydrogen) atoms. The summed E-state index contributed by atoms with van der Waals surface area (Å²) in [6, 6.07) is 2.22. The minimum Gasteiger partial charge on any atom is -0.481 e. The number of nitrogens with one attached hydrogen (secondary N) is 1. The average Bonchev–Trinajstić information content (AvgIpc) is 2.56. The van der Waals surface area contributed by atoms with Gasteiger partial charge >= 0.3 is 5.97 Å². The molecule has 2 atom stereocenters. The fourth-order valence-corrected chi connectivity index (χ4v) is 3.10. The highest BCUT2D eigenvalue weighted by Gasteiger charge is 2.30. The van der Waals surface area contributed by atoms with E-state index in [0.29, 0.717) is 19.4 Å². The largest absolute Gasteiger partial charge is 0.481 e. The Morgan fingerprint density at radius 3 is 2.68 bits per heavy atom. The van der Waals surface area contributed by atoms with Crippen LogP contribution >= 0.6 is 0 Å². The summed E-state index contributed by atoms with van der Waals surface area (Å²) in [4.78, 5) is 35.8. The van der Waals surface area contributed by atoms with Crippen LogP contribution in [0.5, 0.6) is 0 Å². The molecule has 0 aliphatic heterocycles. The highest BCUT2D eigenvalue weighted by molar-refractivity contribution is 5.92. The fraction of sp³-hybridized carbons (Fsp3) is 0.647. The van der Waals surface area contributed by atoms with Gasteiger partial charge in [-0.3, -0.25) is 14.4 Å². The number of nitrogens with zero attached hydrogens (tertiary/aromatic N) is 2. The van der Waals surface area contributed by atoms with Gasteiger partial charge in [-0.1, -0.05) is 25.7 Å². The number of ether oxygens (including phenoxy) is 1. The van der Waals surface area contributed by atoms with Gasteiger partial charge in [-0.25, -0.2) is 4.68 Å². The topological polar surface area (TPSA) is 111 Å². The second kappa shape index (κ2) is 9.31. The number of carboxylic acid groups (broad SMARTS) is 1. The molecule has 1 saturated carbocycles. The molecular weight excluding hydrogens is 326 g/mol. The maximum absolute atomic E-state index is 12.5. The van der Waals surface area contributed by atoms with Gasteiger partial charge in [0, 0.05) is 19.2 Å². The van der Waals surface area contributed by atoms with Crippen molar-refractivity contribution in [2.75, 3.05) is 13.7 Å². The maximum Gasteiger partial charge on any atom is 0.308 e. The number of carbonyl (C=O) groups is 2. The minimum atomic E-state index is -0.884. The van der Waals surface area contributed by atoms with Gasteiger partial charge in [-0.15, -0.1) is 0 Å². The highest BCUT2D eigenvalue weighted by Crippen LogP contribution is 2.23. The summed E-state index contributed by atoms with van der Waals surface area (Å²) in [6.45, 7) is 0.555. The van der Waals surface area contributed by atoms with Crippen molar-refractivity contribution in [2.45, 2.75) is 51.1 Å². The lowest BCUT2D eigenvalue weighted by Gasteiger charge is -2.27. The molecule has 1 aromatic heterocycles. The second-order valence-electron chi connectivity index (χ2n) is 6.29. The van der Waals surface area contributed by atoms with E-state index in [1.807, 2.05) is 0 Å². The number of carbonyl (C=O) groups excluding carboxylic acids is 1. The van der Waals surface area contributed by atoms with E-state index in [0.717, 1.165) is 25.7 Å². The Bertz CT molecular complexity index is 658. The SMILES string of the molecule is COCCn1nc(C(=O)NC2CCCCCCC2C(=O)O)ccc1=O. The van der Waals surface area contributed by atoms with Crippen molar-refractivity contribution >= 4 is 11.9 Å². The Morgan fingerprint density at radius 2 is 2.00 bits per heavy atom. The van der Waals surface area contributed by atoms with Gasteiger partial charge in [0.1, 0.15) is 5.69 Å². The fourth-order valence-electron chi connectivity index (χ4n) is 3.10. The second-order valence-corrected chi connectivity index (χ2v) is 6.29. The van der Waals surface area contributed by atoms with Gasteiger partial charge in [0.15, 0.2) is 0 Å². The molecule has 1 fully saturated rings. The third-order valence-electron chi connectivity index (χ3n) is 4.51. The lowest BCUT2D eigenvalue weighted by molar-refractivity contribution is -0.143. The van der Waals surface area contributed by atoms with Crippen LogP contribution in [-0.4, -0.2) is 46.5 Å². The number of amides is 1. The van der Waals surface area contributed by atoms with E-state index < -0.39 is 23.8 Å². The van der Waals surface area contributed by atoms with Crippen LogP contribution in [0.2, 0.25) is 0 Å². The summed E-state index contributed by atoms with van der Waals surface area (Å²) >= 11 is 0. The number of hydrogen-bond acceptors (Lipinski definition) is 5. The normalized spacial score (nSPS) is 21.2. The van der Waals surface area contributed by atoms with E-state index >= 15 is 0 Å². The molecule has 2 N–H and O–H groups in total. The Kier molecular flexibility index (Phi) is 7.12. The van der Waals surface area contributed by atoms with Gasteiger partial charge in [-0.05, 0) is 18.9 Å². The van der Waals surface area contributed by atoms with Crippen molar-refractivity contribution in [1.29, 1.82) is 0 Å². The first-order valence-electron chi connectivity index (χ1n) is 8.63. The van der Waals surface area contributed by atoms with Gasteiger partial charge < -0.3 is 15.2 Å². The first-order chi connectivity index (χ1) is 12.0. The zero-order chi connectivity index (χ0) is 18.2. The predicted molar refractivity (Wildman–Crippen MR) is 90.5 cm³/mol. The van der Waals surface area contributed by atoms with Crippen molar-refractivity contribution in [3.05, 3.63) is 28.2 Å². The standard InChI is InChI=1S/C17H25N3O5/c1-25-11-10-20-15(21)9-8-14(19-20)16(22)18-13-7-5-3-2-4-6-12(13)17(23)24/h8-9,12-13H,2-7,10-11H2,1H3,(H,18,22)(H,23,24). The quantitative estimate of drug-likeness (QED) is 0.792. The lowest BCUT2D eigenvalue weighted by Crippen LogP contribution is -2.44. The maximum atomic E-state index is 12.5. The molecule has 8 nitrogen and oxygen atoms in total. The van der Waals surface area contributed by atoms with Crippen molar-refractivity contribution < 1.29 is 19.4 Å². The van der Waals surface area contributed by atoms with Crippen molar-refractivity contribution in [3.63, 3.8) is 0 Å². The first-order valence-corrected chi connectivity index (χ1v) is 8.63. The summed E-state index contributed by atoms with van der Waals surface area (Å²) < 4.78 is 6.10. The smallest absolute Gasteiger partial charge is 0.308 e. The van der Waals surface area contributed by atoms with Crippen LogP contribution in [0.25, 0.3) is 0 Å². The molecule has 1 heterocycles. The molecule has 0 aromatic carbocycles. The molecule has 2 rings (SSSR count). The van der Waals surface area contributed by atoms with Crippen LogP contribution < -0.4 is 10.9 Å². The van der Waals surface area contributed by atoms with E-state index in [1.54, 1.807) is 0 Å². The third kappa shape index (κ3) is 5.38. The molecule has 1 amide bonds.